The first-order chi connectivity index (χ1) is 11.9. The Labute approximate surface area is 143 Å². The summed E-state index contributed by atoms with van der Waals surface area (Å²) in [6, 6.07) is 12.8. The Morgan fingerprint density at radius 2 is 1.80 bits per heavy atom. The number of nitrogens with zero attached hydrogens (tertiary/aromatic N) is 1. The van der Waals surface area contributed by atoms with Crippen molar-refractivity contribution in [2.45, 2.75) is 31.4 Å². The predicted octanol–water partition coefficient (Wildman–Crippen LogP) is 3.10. The molecule has 1 aliphatic rings. The van der Waals surface area contributed by atoms with Crippen LogP contribution in [0, 0.1) is 0 Å². The van der Waals surface area contributed by atoms with E-state index in [9.17, 15) is 13.2 Å². The molecule has 0 atom stereocenters. The Bertz CT molecular complexity index is 665. The molecule has 0 aliphatic carbocycles. The van der Waals surface area contributed by atoms with Crippen molar-refractivity contribution < 1.29 is 23.1 Å². The van der Waals surface area contributed by atoms with Crippen molar-refractivity contribution in [1.29, 1.82) is 0 Å². The molecule has 25 heavy (non-hydrogen) atoms. The number of aromatic nitrogens is 2. The third kappa shape index (κ3) is 6.22. The molecule has 1 aliphatic heterocycles. The minimum absolute atomic E-state index is 0.632. The maximum atomic E-state index is 10.6. The number of carboxylic acids is 1. The third-order valence-electron chi connectivity index (χ3n) is 3.89. The Morgan fingerprint density at radius 1 is 1.20 bits per heavy atom. The van der Waals surface area contributed by atoms with Crippen molar-refractivity contribution in [3.63, 3.8) is 0 Å². The summed E-state index contributed by atoms with van der Waals surface area (Å²) in [4.78, 5) is 8.90. The van der Waals surface area contributed by atoms with Crippen molar-refractivity contribution >= 4 is 5.97 Å². The van der Waals surface area contributed by atoms with Gasteiger partial charge in [-0.3, -0.25) is 5.10 Å². The second-order valence-electron chi connectivity index (χ2n) is 5.81. The first-order valence-electron chi connectivity index (χ1n) is 7.95. The summed E-state index contributed by atoms with van der Waals surface area (Å²) >= 11 is 0. The molecular weight excluding hydrogens is 335 g/mol. The van der Waals surface area contributed by atoms with Gasteiger partial charge in [0.25, 0.3) is 0 Å². The fourth-order valence-corrected chi connectivity index (χ4v) is 2.61. The molecule has 8 heteroatoms. The number of hydrogen-bond acceptors (Lipinski definition) is 3. The lowest BCUT2D eigenvalue weighted by atomic mass is 9.94. The lowest BCUT2D eigenvalue weighted by Gasteiger charge is -2.20. The topological polar surface area (TPSA) is 78.0 Å². The van der Waals surface area contributed by atoms with Crippen LogP contribution in [0.15, 0.2) is 36.4 Å². The van der Waals surface area contributed by atoms with E-state index in [-0.39, 0.29) is 0 Å². The molecule has 0 bridgehead atoms. The molecule has 1 aromatic heterocycles. The molecule has 5 nitrogen and oxygen atoms in total. The third-order valence-corrected chi connectivity index (χ3v) is 3.89. The summed E-state index contributed by atoms with van der Waals surface area (Å²) < 4.78 is 31.7. The minimum Gasteiger partial charge on any atom is -0.475 e. The van der Waals surface area contributed by atoms with E-state index >= 15 is 0 Å². The molecule has 0 amide bonds. The van der Waals surface area contributed by atoms with Crippen LogP contribution in [0.4, 0.5) is 13.2 Å². The number of nitrogens with one attached hydrogen (secondary N) is 2. The zero-order chi connectivity index (χ0) is 18.3. The molecule has 0 spiro atoms. The van der Waals surface area contributed by atoms with E-state index in [0.29, 0.717) is 5.92 Å². The number of aliphatic carboxylic acids is 1. The molecule has 2 heterocycles. The predicted molar refractivity (Wildman–Crippen MR) is 86.4 cm³/mol. The fourth-order valence-electron chi connectivity index (χ4n) is 2.61. The Morgan fingerprint density at radius 3 is 2.36 bits per heavy atom. The van der Waals surface area contributed by atoms with Crippen molar-refractivity contribution in [3.8, 4) is 0 Å². The first-order valence-corrected chi connectivity index (χ1v) is 7.95. The van der Waals surface area contributed by atoms with Crippen LogP contribution in [-0.4, -0.2) is 40.5 Å². The van der Waals surface area contributed by atoms with Gasteiger partial charge in [-0.05, 0) is 37.6 Å². The zero-order valence-electron chi connectivity index (χ0n) is 13.5. The van der Waals surface area contributed by atoms with Crippen molar-refractivity contribution in [3.05, 3.63) is 53.3 Å². The second kappa shape index (κ2) is 8.66. The number of rotatable bonds is 3. The van der Waals surface area contributed by atoms with Gasteiger partial charge < -0.3 is 10.4 Å². The summed E-state index contributed by atoms with van der Waals surface area (Å²) in [5.74, 6) is -2.13. The molecule has 2 aromatic rings. The van der Waals surface area contributed by atoms with Crippen molar-refractivity contribution in [1.82, 2.24) is 15.5 Å². The normalized spacial score (nSPS) is 15.3. The Kier molecular flexibility index (Phi) is 6.58. The highest BCUT2D eigenvalue weighted by Crippen LogP contribution is 2.24. The van der Waals surface area contributed by atoms with Gasteiger partial charge in [0.1, 0.15) is 0 Å². The summed E-state index contributed by atoms with van der Waals surface area (Å²) in [6.45, 7) is 2.23. The van der Waals surface area contributed by atoms with E-state index in [1.54, 1.807) is 0 Å². The SMILES string of the molecule is O=C(O)C(F)(F)F.c1ccc(Cc2cc(C3CCNCC3)n[nH]2)cc1. The van der Waals surface area contributed by atoms with E-state index in [4.69, 9.17) is 9.90 Å². The van der Waals surface area contributed by atoms with Crippen LogP contribution in [-0.2, 0) is 11.2 Å². The summed E-state index contributed by atoms with van der Waals surface area (Å²) in [6.07, 6.45) is -1.73. The number of aromatic amines is 1. The lowest BCUT2D eigenvalue weighted by Crippen LogP contribution is -2.26. The van der Waals surface area contributed by atoms with Crippen LogP contribution in [0.1, 0.15) is 35.7 Å². The molecule has 0 unspecified atom stereocenters. The molecule has 1 saturated heterocycles. The van der Waals surface area contributed by atoms with Crippen LogP contribution < -0.4 is 5.32 Å². The smallest absolute Gasteiger partial charge is 0.475 e. The number of alkyl halides is 3. The maximum absolute atomic E-state index is 10.6. The van der Waals surface area contributed by atoms with Gasteiger partial charge in [0, 0.05) is 18.0 Å². The van der Waals surface area contributed by atoms with E-state index in [2.05, 4.69) is 51.9 Å². The molecule has 0 radical (unpaired) electrons. The van der Waals surface area contributed by atoms with Crippen LogP contribution in [0.2, 0.25) is 0 Å². The van der Waals surface area contributed by atoms with Crippen LogP contribution in [0.5, 0.6) is 0 Å². The Balaban J connectivity index is 0.000000277. The highest BCUT2D eigenvalue weighted by atomic mass is 19.4. The maximum Gasteiger partial charge on any atom is 0.490 e. The van der Waals surface area contributed by atoms with Gasteiger partial charge in [-0.2, -0.15) is 18.3 Å². The molecule has 3 rings (SSSR count). The second-order valence-corrected chi connectivity index (χ2v) is 5.81. The number of carboxylic acid groups (broad SMARTS) is 1. The summed E-state index contributed by atoms with van der Waals surface area (Å²) in [7, 11) is 0. The van der Waals surface area contributed by atoms with Gasteiger partial charge in [0.2, 0.25) is 0 Å². The van der Waals surface area contributed by atoms with Gasteiger partial charge in [-0.1, -0.05) is 30.3 Å². The van der Waals surface area contributed by atoms with Crippen LogP contribution in [0.25, 0.3) is 0 Å². The molecule has 136 valence electrons. The molecular formula is C17H20F3N3O2. The monoisotopic (exact) mass is 355 g/mol. The number of benzene rings is 1. The van der Waals surface area contributed by atoms with Crippen LogP contribution >= 0.6 is 0 Å². The van der Waals surface area contributed by atoms with E-state index in [0.717, 1.165) is 19.5 Å². The molecule has 1 fully saturated rings. The largest absolute Gasteiger partial charge is 0.490 e. The number of carbonyl (C=O) groups is 1. The van der Waals surface area contributed by atoms with Crippen molar-refractivity contribution in [2.75, 3.05) is 13.1 Å². The quantitative estimate of drug-likeness (QED) is 0.791. The molecule has 3 N–H and O–H groups in total. The Hall–Kier alpha value is -2.35. The molecule has 0 saturated carbocycles. The van der Waals surface area contributed by atoms with E-state index in [1.165, 1.54) is 29.8 Å². The van der Waals surface area contributed by atoms with Crippen LogP contribution in [0.3, 0.4) is 0 Å². The van der Waals surface area contributed by atoms with Gasteiger partial charge in [-0.15, -0.1) is 0 Å². The lowest BCUT2D eigenvalue weighted by molar-refractivity contribution is -0.192. The van der Waals surface area contributed by atoms with E-state index in [1.807, 2.05) is 0 Å². The number of hydrogen-bond donors (Lipinski definition) is 3. The fraction of sp³-hybridized carbons (Fsp3) is 0.412. The summed E-state index contributed by atoms with van der Waals surface area (Å²) in [5, 5.41) is 18.2. The number of H-pyrrole nitrogens is 1. The van der Waals surface area contributed by atoms with Gasteiger partial charge in [0.05, 0.1) is 5.69 Å². The first kappa shape index (κ1) is 19.0. The zero-order valence-corrected chi connectivity index (χ0v) is 13.5. The average Bonchev–Trinajstić information content (AvgIpc) is 3.05. The van der Waals surface area contributed by atoms with Gasteiger partial charge >= 0.3 is 12.1 Å². The van der Waals surface area contributed by atoms with Crippen molar-refractivity contribution in [2.24, 2.45) is 0 Å². The highest BCUT2D eigenvalue weighted by Gasteiger charge is 2.38. The standard InChI is InChI=1S/C15H19N3.C2HF3O2/c1-2-4-12(5-3-1)10-14-11-15(18-17-14)13-6-8-16-9-7-13;3-2(4,5)1(6)7/h1-5,11,13,16H,6-10H2,(H,17,18);(H,6,7). The number of piperidine rings is 1. The average molecular weight is 355 g/mol. The summed E-state index contributed by atoms with van der Waals surface area (Å²) in [5.41, 5.74) is 3.79. The molecule has 1 aromatic carbocycles. The minimum atomic E-state index is -5.08. The van der Waals surface area contributed by atoms with E-state index < -0.39 is 12.1 Å². The van der Waals surface area contributed by atoms with Gasteiger partial charge in [-0.25, -0.2) is 4.79 Å². The highest BCUT2D eigenvalue weighted by molar-refractivity contribution is 5.73. The van der Waals surface area contributed by atoms with Gasteiger partial charge in [0.15, 0.2) is 0 Å². The number of halogens is 3.